The Morgan fingerprint density at radius 1 is 1.26 bits per heavy atom. The second-order valence-corrected chi connectivity index (χ2v) is 15.2. The van der Waals surface area contributed by atoms with E-state index in [-0.39, 0.29) is 36.9 Å². The maximum atomic E-state index is 14.1. The van der Waals surface area contributed by atoms with Crippen molar-refractivity contribution in [3.05, 3.63) is 59.9 Å². The lowest BCUT2D eigenvalue weighted by Gasteiger charge is -2.35. The molecule has 2 aromatic heterocycles. The van der Waals surface area contributed by atoms with Crippen LogP contribution in [-0.4, -0.2) is 90.1 Å². The Morgan fingerprint density at radius 3 is 2.67 bits per heavy atom. The number of ether oxygens (including phenoxy) is 2. The number of aryl methyl sites for hydroxylation is 1. The summed E-state index contributed by atoms with van der Waals surface area (Å²) in [7, 11) is 3.38. The van der Waals surface area contributed by atoms with Gasteiger partial charge in [-0.1, -0.05) is 40.3 Å². The van der Waals surface area contributed by atoms with E-state index in [2.05, 4.69) is 65.1 Å². The quantitative estimate of drug-likeness (QED) is 0.144. The molecule has 54 heavy (non-hydrogen) atoms. The van der Waals surface area contributed by atoms with Gasteiger partial charge >= 0.3 is 5.97 Å². The molecule has 6 bridgehead atoms. The summed E-state index contributed by atoms with van der Waals surface area (Å²) in [6.07, 6.45) is 6.60. The number of fused-ring (bicyclic) bond motifs is 6. The van der Waals surface area contributed by atoms with Crippen LogP contribution in [0.15, 0.2) is 52.2 Å². The van der Waals surface area contributed by atoms with Gasteiger partial charge in [0, 0.05) is 53.9 Å². The van der Waals surface area contributed by atoms with Gasteiger partial charge < -0.3 is 29.1 Å². The van der Waals surface area contributed by atoms with Crippen molar-refractivity contribution in [1.29, 1.82) is 0 Å². The van der Waals surface area contributed by atoms with Crippen LogP contribution in [0.25, 0.3) is 27.8 Å². The Hall–Kier alpha value is -4.59. The lowest BCUT2D eigenvalue weighted by Crippen LogP contribution is -2.61. The topological polar surface area (TPSA) is 152 Å². The second-order valence-electron chi connectivity index (χ2n) is 15.2. The number of carbonyl (C=O) groups is 3. The summed E-state index contributed by atoms with van der Waals surface area (Å²) in [6, 6.07) is 3.92. The summed E-state index contributed by atoms with van der Waals surface area (Å²) in [5.74, 6) is -0.335. The molecule has 0 saturated carbocycles. The largest absolute Gasteiger partial charge is 0.464 e. The fourth-order valence-corrected chi connectivity index (χ4v) is 7.50. The van der Waals surface area contributed by atoms with E-state index in [9.17, 15) is 14.4 Å². The van der Waals surface area contributed by atoms with E-state index < -0.39 is 29.5 Å². The molecule has 2 amide bonds. The molecule has 0 aliphatic carbocycles. The summed E-state index contributed by atoms with van der Waals surface area (Å²) in [6.45, 7) is 19.4. The highest BCUT2D eigenvalue weighted by Crippen LogP contribution is 2.40. The highest BCUT2D eigenvalue weighted by atomic mass is 16.5. The van der Waals surface area contributed by atoms with Crippen LogP contribution >= 0.6 is 0 Å². The highest BCUT2D eigenvalue weighted by Gasteiger charge is 2.37. The number of hydrazine groups is 1. The van der Waals surface area contributed by atoms with Gasteiger partial charge in [-0.05, 0) is 76.8 Å². The van der Waals surface area contributed by atoms with Crippen LogP contribution in [0.4, 0.5) is 0 Å². The third-order valence-electron chi connectivity index (χ3n) is 10.3. The molecule has 4 atom stereocenters. The molecular formula is C41H57N7O6. The highest BCUT2D eigenvalue weighted by molar-refractivity contribution is 5.95. The maximum Gasteiger partial charge on any atom is 0.324 e. The molecule has 4 heterocycles. The number of rotatable bonds is 10. The zero-order valence-electron chi connectivity index (χ0n) is 33.2. The number of carbonyl (C=O) groups excluding carboxylic acids is 3. The van der Waals surface area contributed by atoms with Crippen LogP contribution in [0.1, 0.15) is 78.5 Å². The van der Waals surface area contributed by atoms with Crippen LogP contribution in [0.2, 0.25) is 0 Å². The molecule has 5 rings (SSSR count). The monoisotopic (exact) mass is 743 g/mol. The Morgan fingerprint density at radius 2 is 2.02 bits per heavy atom. The first-order valence-corrected chi connectivity index (χ1v) is 19.0. The number of aromatic nitrogens is 2. The van der Waals surface area contributed by atoms with Gasteiger partial charge in [-0.15, -0.1) is 0 Å². The number of nitrogens with one attached hydrogen (secondary N) is 3. The van der Waals surface area contributed by atoms with Gasteiger partial charge in [0.1, 0.15) is 12.1 Å². The molecule has 1 fully saturated rings. The number of benzene rings is 1. The smallest absolute Gasteiger partial charge is 0.324 e. The SMILES string of the molecule is C=C/C(=C(\N=C/C)[C@H](C)OC)c1c2c3cc(ccc3n1CC)-c1cnc(o1)C[C@H](NC(=O)[C@@H](NC)C(C)C)C(=O)N1CCC[C@H](N1)C(=O)OCC(C)(C)C2. The normalized spacial score (nSPS) is 21.1. The maximum absolute atomic E-state index is 14.1. The standard InChI is InChI=1S/C41H57N7O6/c1-11-27(36(43-12-2)25(6)52-10)37-29-21-41(7,8)23-53-40(51)30-15-14-18-48(46-30)39(50)31(45-38(49)35(42-9)24(4)5)20-34-44-22-33(54-34)26-16-17-32(28(29)19-26)47(37)13-3/h11-12,16-17,19,22,24-25,30-31,35,42,46H,1,13-15,18,20-21,23H2,2-10H3,(H,45,49)/b36-27+,43-12-/t25-,30-,31-,35-/m0/s1. The molecule has 0 radical (unpaired) electrons. The Balaban J connectivity index is 1.70. The predicted molar refractivity (Wildman–Crippen MR) is 210 cm³/mol. The number of likely N-dealkylation sites (N-methyl/N-ethyl adjacent to an activating group) is 1. The summed E-state index contributed by atoms with van der Waals surface area (Å²) in [5.41, 5.74) is 8.05. The molecule has 1 aromatic carbocycles. The molecule has 0 spiro atoms. The number of oxazole rings is 1. The third-order valence-corrected chi connectivity index (χ3v) is 10.3. The minimum absolute atomic E-state index is 0.0103. The summed E-state index contributed by atoms with van der Waals surface area (Å²) < 4.78 is 20.4. The number of aliphatic imine (C=N–C) groups is 1. The first kappa shape index (κ1) is 40.6. The van der Waals surface area contributed by atoms with Crippen LogP contribution in [0.3, 0.4) is 0 Å². The van der Waals surface area contributed by atoms with E-state index in [1.165, 1.54) is 5.01 Å². The van der Waals surface area contributed by atoms with Crippen molar-refractivity contribution in [2.75, 3.05) is 27.3 Å². The zero-order valence-corrected chi connectivity index (χ0v) is 33.2. The Bertz CT molecular complexity index is 1920. The minimum atomic E-state index is -1.01. The van der Waals surface area contributed by atoms with Crippen LogP contribution in [0, 0.1) is 11.3 Å². The average molecular weight is 744 g/mol. The number of nitrogens with zero attached hydrogens (tertiary/aromatic N) is 4. The Kier molecular flexibility index (Phi) is 13.0. The number of hydrogen-bond donors (Lipinski definition) is 3. The van der Waals surface area contributed by atoms with E-state index in [1.54, 1.807) is 26.6 Å². The summed E-state index contributed by atoms with van der Waals surface area (Å²) in [4.78, 5) is 50.6. The van der Waals surface area contributed by atoms with Crippen LogP contribution in [-0.2, 0) is 43.2 Å². The van der Waals surface area contributed by atoms with Crippen molar-refractivity contribution >= 4 is 40.5 Å². The molecule has 1 saturated heterocycles. The van der Waals surface area contributed by atoms with E-state index in [1.807, 2.05) is 39.8 Å². The number of methoxy groups -OCH3 is 1. The predicted octanol–water partition coefficient (Wildman–Crippen LogP) is 5.23. The molecule has 3 aromatic rings. The molecule has 2 aliphatic heterocycles. The van der Waals surface area contributed by atoms with E-state index in [0.717, 1.165) is 39.0 Å². The number of allylic oxidation sites excluding steroid dienone is 2. The van der Waals surface area contributed by atoms with Gasteiger partial charge in [0.15, 0.2) is 11.7 Å². The summed E-state index contributed by atoms with van der Waals surface area (Å²) in [5, 5.41) is 8.41. The fraction of sp³-hybridized carbons (Fsp3) is 0.537. The van der Waals surface area contributed by atoms with Crippen molar-refractivity contribution in [3.8, 4) is 11.3 Å². The van der Waals surface area contributed by atoms with Crippen molar-refractivity contribution in [3.63, 3.8) is 0 Å². The van der Waals surface area contributed by atoms with Gasteiger partial charge in [0.05, 0.1) is 42.8 Å². The van der Waals surface area contributed by atoms with Crippen molar-refractivity contribution in [1.82, 2.24) is 30.6 Å². The molecule has 3 N–H and O–H groups in total. The number of esters is 1. The molecule has 0 unspecified atom stereocenters. The van der Waals surface area contributed by atoms with Crippen LogP contribution < -0.4 is 16.1 Å². The van der Waals surface area contributed by atoms with Crippen molar-refractivity contribution < 1.29 is 28.3 Å². The first-order valence-electron chi connectivity index (χ1n) is 19.0. The van der Waals surface area contributed by atoms with Gasteiger partial charge in [-0.25, -0.2) is 10.4 Å². The van der Waals surface area contributed by atoms with Gasteiger partial charge in [-0.3, -0.25) is 24.4 Å². The van der Waals surface area contributed by atoms with Gasteiger partial charge in [0.2, 0.25) is 5.91 Å². The molecule has 13 nitrogen and oxygen atoms in total. The number of amides is 2. The van der Waals surface area contributed by atoms with Crippen molar-refractivity contribution in [2.24, 2.45) is 16.3 Å². The molecule has 2 aliphatic rings. The van der Waals surface area contributed by atoms with E-state index in [4.69, 9.17) is 18.9 Å². The van der Waals surface area contributed by atoms with Gasteiger partial charge in [-0.2, -0.15) is 0 Å². The van der Waals surface area contributed by atoms with Crippen molar-refractivity contribution in [2.45, 2.75) is 105 Å². The van der Waals surface area contributed by atoms with Gasteiger partial charge in [0.25, 0.3) is 5.91 Å². The molecular weight excluding hydrogens is 686 g/mol. The van der Waals surface area contributed by atoms with Crippen LogP contribution in [0.5, 0.6) is 0 Å². The molecule has 292 valence electrons. The number of cyclic esters (lactones) is 1. The lowest BCUT2D eigenvalue weighted by atomic mass is 9.84. The number of hydrogen-bond acceptors (Lipinski definition) is 10. The Labute approximate surface area is 318 Å². The van der Waals surface area contributed by atoms with E-state index in [0.29, 0.717) is 44.0 Å². The minimum Gasteiger partial charge on any atom is -0.464 e. The average Bonchev–Trinajstić information content (AvgIpc) is 3.74. The summed E-state index contributed by atoms with van der Waals surface area (Å²) >= 11 is 0. The second kappa shape index (κ2) is 17.3. The molecule has 13 heteroatoms. The fourth-order valence-electron chi connectivity index (χ4n) is 7.50. The van der Waals surface area contributed by atoms with E-state index >= 15 is 0 Å². The first-order chi connectivity index (χ1) is 25.8. The third kappa shape index (κ3) is 8.53. The zero-order chi connectivity index (χ0) is 39.3. The lowest BCUT2D eigenvalue weighted by molar-refractivity contribution is -0.155.